The highest BCUT2D eigenvalue weighted by molar-refractivity contribution is 5.91. The van der Waals surface area contributed by atoms with E-state index >= 15 is 0 Å². The molecular weight excluding hydrogens is 194 g/mol. The van der Waals surface area contributed by atoms with Gasteiger partial charge in [0.1, 0.15) is 5.60 Å². The number of ether oxygens (including phenoxy) is 1. The van der Waals surface area contributed by atoms with Crippen LogP contribution in [0.25, 0.3) is 0 Å². The molecule has 2 aliphatic rings. The minimum absolute atomic E-state index is 0.0509. The van der Waals surface area contributed by atoms with Gasteiger partial charge in [0.25, 0.3) is 0 Å². The van der Waals surface area contributed by atoms with Gasteiger partial charge in [-0.05, 0) is 19.8 Å². The fourth-order valence-corrected chi connectivity index (χ4v) is 2.68. The molecule has 1 aliphatic heterocycles. The zero-order valence-corrected chi connectivity index (χ0v) is 9.28. The van der Waals surface area contributed by atoms with Gasteiger partial charge in [0.2, 0.25) is 5.91 Å². The minimum Gasteiger partial charge on any atom is -0.369 e. The van der Waals surface area contributed by atoms with Crippen LogP contribution >= 0.6 is 0 Å². The molecule has 2 fully saturated rings. The van der Waals surface area contributed by atoms with Gasteiger partial charge in [-0.3, -0.25) is 9.59 Å². The van der Waals surface area contributed by atoms with Gasteiger partial charge < -0.3 is 9.64 Å². The number of methoxy groups -OCH3 is 1. The van der Waals surface area contributed by atoms with Gasteiger partial charge in [-0.25, -0.2) is 0 Å². The number of amides is 1. The molecule has 4 nitrogen and oxygen atoms in total. The molecule has 2 atom stereocenters. The average molecular weight is 211 g/mol. The highest BCUT2D eigenvalue weighted by Crippen LogP contribution is 2.35. The first-order valence-corrected chi connectivity index (χ1v) is 5.47. The van der Waals surface area contributed by atoms with Crippen molar-refractivity contribution in [2.24, 2.45) is 0 Å². The lowest BCUT2D eigenvalue weighted by Gasteiger charge is -2.35. The van der Waals surface area contributed by atoms with Gasteiger partial charge in [0.15, 0.2) is 5.78 Å². The van der Waals surface area contributed by atoms with E-state index in [0.29, 0.717) is 12.8 Å². The van der Waals surface area contributed by atoms with E-state index in [0.717, 1.165) is 19.4 Å². The van der Waals surface area contributed by atoms with Crippen LogP contribution in [0.3, 0.4) is 0 Å². The van der Waals surface area contributed by atoms with Crippen molar-refractivity contribution in [2.75, 3.05) is 13.7 Å². The van der Waals surface area contributed by atoms with Crippen LogP contribution in [-0.4, -0.2) is 41.9 Å². The van der Waals surface area contributed by atoms with Crippen molar-refractivity contribution in [3.8, 4) is 0 Å². The lowest BCUT2D eigenvalue weighted by molar-refractivity contribution is -0.145. The van der Waals surface area contributed by atoms with E-state index in [1.165, 1.54) is 0 Å². The molecule has 4 heteroatoms. The van der Waals surface area contributed by atoms with Crippen molar-refractivity contribution >= 4 is 11.7 Å². The summed E-state index contributed by atoms with van der Waals surface area (Å²) < 4.78 is 5.34. The van der Waals surface area contributed by atoms with Gasteiger partial charge in [-0.1, -0.05) is 0 Å². The molecule has 0 radical (unpaired) electrons. The number of carbonyl (C=O) groups excluding carboxylic acids is 2. The summed E-state index contributed by atoms with van der Waals surface area (Å²) >= 11 is 0. The van der Waals surface area contributed by atoms with Crippen LogP contribution < -0.4 is 0 Å². The number of likely N-dealkylation sites (tertiary alicyclic amines) is 1. The lowest BCUT2D eigenvalue weighted by Crippen LogP contribution is -2.52. The van der Waals surface area contributed by atoms with Crippen LogP contribution in [0.1, 0.15) is 32.6 Å². The van der Waals surface area contributed by atoms with Crippen molar-refractivity contribution in [1.29, 1.82) is 0 Å². The maximum Gasteiger partial charge on any atom is 0.222 e. The summed E-state index contributed by atoms with van der Waals surface area (Å²) in [5, 5.41) is 0. The number of ketones is 1. The molecule has 0 aromatic carbocycles. The Balaban J connectivity index is 2.22. The third kappa shape index (κ3) is 1.47. The van der Waals surface area contributed by atoms with Crippen molar-refractivity contribution in [3.05, 3.63) is 0 Å². The van der Waals surface area contributed by atoms with Gasteiger partial charge in [0.05, 0.1) is 6.04 Å². The third-order valence-electron chi connectivity index (χ3n) is 3.74. The molecule has 1 aliphatic carbocycles. The Morgan fingerprint density at radius 2 is 2.13 bits per heavy atom. The number of carbonyl (C=O) groups is 2. The zero-order valence-electron chi connectivity index (χ0n) is 9.28. The Kier molecular flexibility index (Phi) is 2.54. The molecule has 1 heterocycles. The van der Waals surface area contributed by atoms with Crippen molar-refractivity contribution in [3.63, 3.8) is 0 Å². The first kappa shape index (κ1) is 10.6. The standard InChI is InChI=1S/C11H17NO3/c1-11(15-2)8(5-6-9(11)13)12-7-3-4-10(12)14/h8H,3-7H2,1-2H3/t8-,11+/m0/s1. The summed E-state index contributed by atoms with van der Waals surface area (Å²) in [5.41, 5.74) is -0.778. The summed E-state index contributed by atoms with van der Waals surface area (Å²) in [5.74, 6) is 0.285. The Bertz CT molecular complexity index is 302. The van der Waals surface area contributed by atoms with E-state index in [4.69, 9.17) is 4.74 Å². The van der Waals surface area contributed by atoms with Crippen LogP contribution in [-0.2, 0) is 14.3 Å². The van der Waals surface area contributed by atoms with Gasteiger partial charge in [0, 0.05) is 26.5 Å². The number of hydrogen-bond acceptors (Lipinski definition) is 3. The van der Waals surface area contributed by atoms with E-state index < -0.39 is 5.60 Å². The van der Waals surface area contributed by atoms with E-state index in [-0.39, 0.29) is 17.7 Å². The number of hydrogen-bond donors (Lipinski definition) is 0. The third-order valence-corrected chi connectivity index (χ3v) is 3.74. The SMILES string of the molecule is CO[C@@]1(C)C(=O)CC[C@@H]1N1CCCC1=O. The molecule has 0 spiro atoms. The Labute approximate surface area is 89.6 Å². The van der Waals surface area contributed by atoms with Crippen LogP contribution in [0.15, 0.2) is 0 Å². The fourth-order valence-electron chi connectivity index (χ4n) is 2.68. The van der Waals surface area contributed by atoms with Crippen LogP contribution in [0.2, 0.25) is 0 Å². The summed E-state index contributed by atoms with van der Waals surface area (Å²) in [4.78, 5) is 25.2. The first-order valence-electron chi connectivity index (χ1n) is 5.47. The number of rotatable bonds is 2. The van der Waals surface area contributed by atoms with Crippen LogP contribution in [0.4, 0.5) is 0 Å². The van der Waals surface area contributed by atoms with Crippen molar-refractivity contribution in [2.45, 2.75) is 44.2 Å². The molecule has 84 valence electrons. The number of nitrogens with zero attached hydrogens (tertiary/aromatic N) is 1. The van der Waals surface area contributed by atoms with Crippen molar-refractivity contribution < 1.29 is 14.3 Å². The van der Waals surface area contributed by atoms with E-state index in [9.17, 15) is 9.59 Å². The summed E-state index contributed by atoms with van der Waals surface area (Å²) in [7, 11) is 1.55. The van der Waals surface area contributed by atoms with E-state index in [2.05, 4.69) is 0 Å². The monoisotopic (exact) mass is 211 g/mol. The average Bonchev–Trinajstić information content (AvgIpc) is 2.74. The Morgan fingerprint density at radius 3 is 2.67 bits per heavy atom. The second-order valence-corrected chi connectivity index (χ2v) is 4.48. The maximum atomic E-state index is 11.7. The second kappa shape index (κ2) is 3.59. The highest BCUT2D eigenvalue weighted by Gasteiger charge is 2.50. The molecule has 0 bridgehead atoms. The quantitative estimate of drug-likeness (QED) is 0.677. The fraction of sp³-hybridized carbons (Fsp3) is 0.818. The molecule has 1 saturated carbocycles. The Morgan fingerprint density at radius 1 is 1.40 bits per heavy atom. The predicted octanol–water partition coefficient (Wildman–Crippen LogP) is 0.745. The molecule has 2 rings (SSSR count). The first-order chi connectivity index (χ1) is 7.09. The van der Waals surface area contributed by atoms with E-state index in [1.54, 1.807) is 14.0 Å². The molecule has 1 saturated heterocycles. The van der Waals surface area contributed by atoms with Crippen LogP contribution in [0.5, 0.6) is 0 Å². The van der Waals surface area contributed by atoms with Gasteiger partial charge >= 0.3 is 0 Å². The van der Waals surface area contributed by atoms with Gasteiger partial charge in [-0.15, -0.1) is 0 Å². The lowest BCUT2D eigenvalue weighted by atomic mass is 9.98. The molecule has 0 aromatic rings. The summed E-state index contributed by atoms with van der Waals surface area (Å²) in [6, 6.07) is -0.0509. The molecule has 0 unspecified atom stereocenters. The largest absolute Gasteiger partial charge is 0.369 e. The molecular formula is C11H17NO3. The summed E-state index contributed by atoms with van der Waals surface area (Å²) in [6.45, 7) is 2.58. The zero-order chi connectivity index (χ0) is 11.1. The highest BCUT2D eigenvalue weighted by atomic mass is 16.5. The van der Waals surface area contributed by atoms with Gasteiger partial charge in [-0.2, -0.15) is 0 Å². The second-order valence-electron chi connectivity index (χ2n) is 4.48. The Hall–Kier alpha value is -0.900. The predicted molar refractivity (Wildman–Crippen MR) is 54.4 cm³/mol. The number of Topliss-reactive ketones (excluding diaryl/α,β-unsaturated/α-hetero) is 1. The molecule has 0 aromatic heterocycles. The van der Waals surface area contributed by atoms with Crippen LogP contribution in [0, 0.1) is 0 Å². The normalized spacial score (nSPS) is 36.7. The topological polar surface area (TPSA) is 46.6 Å². The van der Waals surface area contributed by atoms with E-state index in [1.807, 2.05) is 4.90 Å². The summed E-state index contributed by atoms with van der Waals surface area (Å²) in [6.07, 6.45) is 2.79. The molecule has 15 heavy (non-hydrogen) atoms. The molecule has 0 N–H and O–H groups in total. The minimum atomic E-state index is -0.778. The van der Waals surface area contributed by atoms with Crippen molar-refractivity contribution in [1.82, 2.24) is 4.90 Å². The molecule has 1 amide bonds. The smallest absolute Gasteiger partial charge is 0.222 e. The maximum absolute atomic E-state index is 11.7.